The first-order valence-electron chi connectivity index (χ1n) is 7.62. The van der Waals surface area contributed by atoms with Crippen LogP contribution in [0.2, 0.25) is 0 Å². The van der Waals surface area contributed by atoms with E-state index >= 15 is 0 Å². The summed E-state index contributed by atoms with van der Waals surface area (Å²) in [7, 11) is 0. The topological polar surface area (TPSA) is 43.1 Å². The highest BCUT2D eigenvalue weighted by molar-refractivity contribution is 7.16. The zero-order valence-electron chi connectivity index (χ0n) is 12.8. The van der Waals surface area contributed by atoms with Gasteiger partial charge in [0.15, 0.2) is 5.78 Å². The van der Waals surface area contributed by atoms with E-state index in [4.69, 9.17) is 5.73 Å². The van der Waals surface area contributed by atoms with Crippen molar-refractivity contribution in [3.63, 3.8) is 0 Å². The lowest BCUT2D eigenvalue weighted by Gasteiger charge is -2.03. The molecule has 0 saturated heterocycles. The Bertz CT molecular complexity index is 615. The molecule has 0 aliphatic rings. The standard InChI is InChI=1S/C18H23NOS/c1-3-4-5-6-10-14-12-16(18(19)21-14)17(20)15-11-8-7-9-13(15)2/h7-9,11-12H,3-6,10,19H2,1-2H3. The van der Waals surface area contributed by atoms with Crippen molar-refractivity contribution in [2.45, 2.75) is 46.0 Å². The summed E-state index contributed by atoms with van der Waals surface area (Å²) in [6, 6.07) is 9.66. The summed E-state index contributed by atoms with van der Waals surface area (Å²) in [6.45, 7) is 4.17. The molecule has 2 nitrogen and oxygen atoms in total. The molecule has 0 radical (unpaired) electrons. The van der Waals surface area contributed by atoms with E-state index in [-0.39, 0.29) is 5.78 Å². The predicted octanol–water partition coefficient (Wildman–Crippen LogP) is 4.99. The van der Waals surface area contributed by atoms with Gasteiger partial charge >= 0.3 is 0 Å². The fraction of sp³-hybridized carbons (Fsp3) is 0.389. The smallest absolute Gasteiger partial charge is 0.196 e. The molecule has 0 aliphatic carbocycles. The number of thiophene rings is 1. The van der Waals surface area contributed by atoms with E-state index in [1.54, 1.807) is 11.3 Å². The average Bonchev–Trinajstić information content (AvgIpc) is 2.84. The molecular formula is C18H23NOS. The van der Waals surface area contributed by atoms with Crippen molar-refractivity contribution in [1.29, 1.82) is 0 Å². The first-order valence-corrected chi connectivity index (χ1v) is 8.43. The molecule has 3 heteroatoms. The number of unbranched alkanes of at least 4 members (excludes halogenated alkanes) is 3. The van der Waals surface area contributed by atoms with Crippen molar-refractivity contribution in [1.82, 2.24) is 0 Å². The maximum absolute atomic E-state index is 12.6. The van der Waals surface area contributed by atoms with Crippen molar-refractivity contribution >= 4 is 22.1 Å². The van der Waals surface area contributed by atoms with E-state index in [1.165, 1.54) is 30.6 Å². The number of nitrogens with two attached hydrogens (primary N) is 1. The molecule has 21 heavy (non-hydrogen) atoms. The Morgan fingerprint density at radius 2 is 1.90 bits per heavy atom. The Hall–Kier alpha value is -1.61. The van der Waals surface area contributed by atoms with Gasteiger partial charge in [0.05, 0.1) is 10.6 Å². The minimum atomic E-state index is 0.0432. The lowest BCUT2D eigenvalue weighted by Crippen LogP contribution is -2.04. The molecule has 0 atom stereocenters. The molecular weight excluding hydrogens is 278 g/mol. The van der Waals surface area contributed by atoms with Gasteiger partial charge in [0.2, 0.25) is 0 Å². The third-order valence-corrected chi connectivity index (χ3v) is 4.75. The number of ketones is 1. The minimum absolute atomic E-state index is 0.0432. The minimum Gasteiger partial charge on any atom is -0.390 e. The molecule has 2 aromatic rings. The Kier molecular flexibility index (Phi) is 5.57. The second-order valence-electron chi connectivity index (χ2n) is 5.45. The zero-order valence-corrected chi connectivity index (χ0v) is 13.6. The lowest BCUT2D eigenvalue weighted by atomic mass is 10.00. The summed E-state index contributed by atoms with van der Waals surface area (Å²) in [5.74, 6) is 0.0432. The number of aryl methyl sites for hydroxylation is 2. The maximum atomic E-state index is 12.6. The molecule has 2 rings (SSSR count). The zero-order chi connectivity index (χ0) is 15.2. The van der Waals surface area contributed by atoms with Crippen LogP contribution in [0.1, 0.15) is 59.0 Å². The van der Waals surface area contributed by atoms with Gasteiger partial charge in [-0.1, -0.05) is 50.5 Å². The highest BCUT2D eigenvalue weighted by Gasteiger charge is 2.17. The van der Waals surface area contributed by atoms with Crippen molar-refractivity contribution in [3.05, 3.63) is 51.9 Å². The molecule has 1 aromatic carbocycles. The second kappa shape index (κ2) is 7.41. The second-order valence-corrected chi connectivity index (χ2v) is 6.61. The summed E-state index contributed by atoms with van der Waals surface area (Å²) >= 11 is 1.56. The Morgan fingerprint density at radius 3 is 2.62 bits per heavy atom. The van der Waals surface area contributed by atoms with Gasteiger partial charge < -0.3 is 5.73 Å². The van der Waals surface area contributed by atoms with Crippen LogP contribution in [0.3, 0.4) is 0 Å². The van der Waals surface area contributed by atoms with Crippen LogP contribution in [-0.2, 0) is 6.42 Å². The molecule has 1 heterocycles. The largest absolute Gasteiger partial charge is 0.390 e. The third kappa shape index (κ3) is 3.94. The van der Waals surface area contributed by atoms with Gasteiger partial charge in [-0.15, -0.1) is 11.3 Å². The summed E-state index contributed by atoms with van der Waals surface area (Å²) in [4.78, 5) is 13.8. The molecule has 0 unspecified atom stereocenters. The van der Waals surface area contributed by atoms with E-state index in [0.717, 1.165) is 17.5 Å². The number of anilines is 1. The Labute approximate surface area is 131 Å². The molecule has 1 aromatic heterocycles. The van der Waals surface area contributed by atoms with Crippen molar-refractivity contribution in [3.8, 4) is 0 Å². The van der Waals surface area contributed by atoms with Crippen LogP contribution >= 0.6 is 11.3 Å². The first-order chi connectivity index (χ1) is 10.1. The number of carbonyl (C=O) groups is 1. The number of rotatable bonds is 7. The highest BCUT2D eigenvalue weighted by atomic mass is 32.1. The van der Waals surface area contributed by atoms with Crippen molar-refractivity contribution < 1.29 is 4.79 Å². The maximum Gasteiger partial charge on any atom is 0.196 e. The Balaban J connectivity index is 2.12. The van der Waals surface area contributed by atoms with Gasteiger partial charge in [-0.25, -0.2) is 0 Å². The molecule has 0 spiro atoms. The van der Waals surface area contributed by atoms with E-state index < -0.39 is 0 Å². The fourth-order valence-corrected chi connectivity index (χ4v) is 3.42. The summed E-state index contributed by atoms with van der Waals surface area (Å²) in [6.07, 6.45) is 5.95. The van der Waals surface area contributed by atoms with Gasteiger partial charge in [-0.3, -0.25) is 4.79 Å². The molecule has 0 fully saturated rings. The Morgan fingerprint density at radius 1 is 1.14 bits per heavy atom. The quantitative estimate of drug-likeness (QED) is 0.578. The van der Waals surface area contributed by atoms with Crippen LogP contribution in [-0.4, -0.2) is 5.78 Å². The first kappa shape index (κ1) is 15.8. The molecule has 0 saturated carbocycles. The number of benzene rings is 1. The molecule has 0 aliphatic heterocycles. The SMILES string of the molecule is CCCCCCc1cc(C(=O)c2ccccc2C)c(N)s1. The normalized spacial score (nSPS) is 10.8. The summed E-state index contributed by atoms with van der Waals surface area (Å²) < 4.78 is 0. The summed E-state index contributed by atoms with van der Waals surface area (Å²) in [5.41, 5.74) is 8.47. The summed E-state index contributed by atoms with van der Waals surface area (Å²) in [5, 5.41) is 0.647. The van der Waals surface area contributed by atoms with Crippen LogP contribution in [0.4, 0.5) is 5.00 Å². The number of hydrogen-bond donors (Lipinski definition) is 1. The van der Waals surface area contributed by atoms with Crippen LogP contribution < -0.4 is 5.73 Å². The number of hydrogen-bond acceptors (Lipinski definition) is 3. The number of nitrogen functional groups attached to an aromatic ring is 1. The van der Waals surface area contributed by atoms with Gasteiger partial charge in [0.25, 0.3) is 0 Å². The fourth-order valence-electron chi connectivity index (χ4n) is 2.46. The van der Waals surface area contributed by atoms with E-state index in [0.29, 0.717) is 10.6 Å². The van der Waals surface area contributed by atoms with Crippen molar-refractivity contribution in [2.75, 3.05) is 5.73 Å². The molecule has 0 bridgehead atoms. The lowest BCUT2D eigenvalue weighted by molar-refractivity contribution is 0.103. The molecule has 2 N–H and O–H groups in total. The van der Waals surface area contributed by atoms with E-state index in [2.05, 4.69) is 6.92 Å². The van der Waals surface area contributed by atoms with Crippen LogP contribution in [0, 0.1) is 6.92 Å². The third-order valence-electron chi connectivity index (χ3n) is 3.72. The molecule has 112 valence electrons. The molecule has 0 amide bonds. The monoisotopic (exact) mass is 301 g/mol. The van der Waals surface area contributed by atoms with Crippen LogP contribution in [0.5, 0.6) is 0 Å². The van der Waals surface area contributed by atoms with E-state index in [9.17, 15) is 4.79 Å². The average molecular weight is 301 g/mol. The van der Waals surface area contributed by atoms with E-state index in [1.807, 2.05) is 37.3 Å². The van der Waals surface area contributed by atoms with Gasteiger partial charge in [0, 0.05) is 10.4 Å². The predicted molar refractivity (Wildman–Crippen MR) is 91.2 cm³/mol. The number of carbonyl (C=O) groups excluding carboxylic acids is 1. The van der Waals surface area contributed by atoms with Crippen LogP contribution in [0.15, 0.2) is 30.3 Å². The van der Waals surface area contributed by atoms with Gasteiger partial charge in [-0.05, 0) is 31.4 Å². The highest BCUT2D eigenvalue weighted by Crippen LogP contribution is 2.29. The van der Waals surface area contributed by atoms with Crippen molar-refractivity contribution in [2.24, 2.45) is 0 Å². The van der Waals surface area contributed by atoms with Gasteiger partial charge in [0.1, 0.15) is 0 Å². The van der Waals surface area contributed by atoms with Gasteiger partial charge in [-0.2, -0.15) is 0 Å². The van der Waals surface area contributed by atoms with Crippen LogP contribution in [0.25, 0.3) is 0 Å².